The van der Waals surface area contributed by atoms with Crippen molar-refractivity contribution in [2.24, 2.45) is 0 Å². The van der Waals surface area contributed by atoms with Gasteiger partial charge in [-0.25, -0.2) is 0 Å². The number of halogens is 1. The van der Waals surface area contributed by atoms with Gasteiger partial charge in [0.25, 0.3) is 0 Å². The molecule has 10 heteroatoms. The third-order valence-corrected chi connectivity index (χ3v) is 6.00. The minimum Gasteiger partial charge on any atom is -0.493 e. The predicted octanol–water partition coefficient (Wildman–Crippen LogP) is 6.84. The second kappa shape index (κ2) is 15.8. The van der Waals surface area contributed by atoms with Crippen molar-refractivity contribution in [1.82, 2.24) is 10.3 Å². The van der Waals surface area contributed by atoms with E-state index in [1.165, 1.54) is 6.20 Å². The van der Waals surface area contributed by atoms with E-state index in [1.807, 2.05) is 68.4 Å². The molecule has 0 atom stereocenters. The summed E-state index contributed by atoms with van der Waals surface area (Å²) in [5, 5.41) is 19.4. The van der Waals surface area contributed by atoms with Crippen LogP contribution in [0.4, 0.5) is 17.1 Å². The highest BCUT2D eigenvalue weighted by Crippen LogP contribution is 2.37. The molecule has 0 unspecified atom stereocenters. The standard InChI is InChI=1S/C29H28ClN5O4.C2H6/c1-32-28(36)18-33-21-5-3-6-23(13-21)39-22-9-7-20(8-10-22)35-29-19(16-31)17-34-25-15-27(38-12-4-11-30)26(37-2)14-24(25)29;1-2/h3,5-10,13-15,17,33H,4,11-12,18H2,1-2H3,(H,32,36)(H,34,35);1-2H3. The quantitative estimate of drug-likeness (QED) is 0.124. The Morgan fingerprint density at radius 2 is 1.80 bits per heavy atom. The van der Waals surface area contributed by atoms with Crippen molar-refractivity contribution in [3.63, 3.8) is 0 Å². The second-order valence-electron chi connectivity index (χ2n) is 8.38. The average molecular weight is 576 g/mol. The zero-order valence-corrected chi connectivity index (χ0v) is 24.3. The topological polar surface area (TPSA) is 118 Å². The average Bonchev–Trinajstić information content (AvgIpc) is 3.02. The number of nitrogens with zero attached hydrogens (tertiary/aromatic N) is 2. The van der Waals surface area contributed by atoms with E-state index in [2.05, 4.69) is 27.0 Å². The smallest absolute Gasteiger partial charge is 0.239 e. The number of fused-ring (bicyclic) bond motifs is 1. The monoisotopic (exact) mass is 575 g/mol. The molecule has 0 saturated heterocycles. The minimum absolute atomic E-state index is 0.111. The van der Waals surface area contributed by atoms with Crippen molar-refractivity contribution in [1.29, 1.82) is 5.26 Å². The van der Waals surface area contributed by atoms with Gasteiger partial charge in [-0.15, -0.1) is 11.6 Å². The number of hydrogen-bond acceptors (Lipinski definition) is 8. The third kappa shape index (κ3) is 8.40. The first kappa shape index (κ1) is 30.9. The number of pyridine rings is 1. The molecular formula is C31H34ClN5O4. The van der Waals surface area contributed by atoms with Crippen LogP contribution in [0.3, 0.4) is 0 Å². The highest BCUT2D eigenvalue weighted by Gasteiger charge is 2.15. The maximum absolute atomic E-state index is 11.5. The number of nitriles is 1. The Kier molecular flexibility index (Phi) is 11.9. The van der Waals surface area contributed by atoms with E-state index in [0.29, 0.717) is 58.7 Å². The molecule has 1 heterocycles. The number of hydrogen-bond donors (Lipinski definition) is 3. The van der Waals surface area contributed by atoms with Gasteiger partial charge in [-0.2, -0.15) is 5.26 Å². The number of anilines is 3. The lowest BCUT2D eigenvalue weighted by Crippen LogP contribution is -2.26. The lowest BCUT2D eigenvalue weighted by molar-refractivity contribution is -0.118. The highest BCUT2D eigenvalue weighted by atomic mass is 35.5. The molecule has 1 amide bonds. The largest absolute Gasteiger partial charge is 0.493 e. The molecule has 4 aromatic rings. The van der Waals surface area contributed by atoms with Crippen molar-refractivity contribution in [2.45, 2.75) is 20.3 Å². The Morgan fingerprint density at radius 1 is 1.02 bits per heavy atom. The first-order valence-corrected chi connectivity index (χ1v) is 13.8. The minimum atomic E-state index is -0.111. The molecule has 3 aromatic carbocycles. The fourth-order valence-electron chi connectivity index (χ4n) is 3.76. The fourth-order valence-corrected chi connectivity index (χ4v) is 3.86. The summed E-state index contributed by atoms with van der Waals surface area (Å²) in [6, 6.07) is 20.5. The Morgan fingerprint density at radius 3 is 2.49 bits per heavy atom. The third-order valence-electron chi connectivity index (χ3n) is 5.73. The van der Waals surface area contributed by atoms with Crippen molar-refractivity contribution in [3.8, 4) is 29.1 Å². The summed E-state index contributed by atoms with van der Waals surface area (Å²) in [6.07, 6.45) is 2.23. The molecule has 0 fully saturated rings. The first-order chi connectivity index (χ1) is 20.0. The Balaban J connectivity index is 0.00000226. The number of carbonyl (C=O) groups is 1. The lowest BCUT2D eigenvalue weighted by atomic mass is 10.1. The molecule has 0 aliphatic carbocycles. The van der Waals surface area contributed by atoms with Gasteiger partial charge >= 0.3 is 0 Å². The van der Waals surface area contributed by atoms with Crippen LogP contribution in [0.25, 0.3) is 10.9 Å². The van der Waals surface area contributed by atoms with E-state index < -0.39 is 0 Å². The van der Waals surface area contributed by atoms with Crippen molar-refractivity contribution < 1.29 is 19.0 Å². The maximum Gasteiger partial charge on any atom is 0.239 e. The molecule has 41 heavy (non-hydrogen) atoms. The summed E-state index contributed by atoms with van der Waals surface area (Å²) in [7, 11) is 3.16. The normalized spacial score (nSPS) is 10.0. The lowest BCUT2D eigenvalue weighted by Gasteiger charge is -2.15. The van der Waals surface area contributed by atoms with E-state index in [-0.39, 0.29) is 12.5 Å². The Labute approximate surface area is 245 Å². The SMILES string of the molecule is CC.CNC(=O)CNc1cccc(Oc2ccc(Nc3c(C#N)cnc4cc(OCCCCl)c(OC)cc34)cc2)c1. The Bertz CT molecular complexity index is 1490. The Hall–Kier alpha value is -4.68. The van der Waals surface area contributed by atoms with E-state index in [0.717, 1.165) is 16.8 Å². The van der Waals surface area contributed by atoms with Gasteiger partial charge in [0, 0.05) is 48.0 Å². The van der Waals surface area contributed by atoms with Crippen LogP contribution in [0.15, 0.2) is 66.9 Å². The van der Waals surface area contributed by atoms with E-state index in [4.69, 9.17) is 25.8 Å². The van der Waals surface area contributed by atoms with Gasteiger partial charge in [0.05, 0.1) is 37.0 Å². The van der Waals surface area contributed by atoms with E-state index in [1.54, 1.807) is 20.2 Å². The summed E-state index contributed by atoms with van der Waals surface area (Å²) in [5.41, 5.74) is 3.18. The summed E-state index contributed by atoms with van der Waals surface area (Å²) in [6.45, 7) is 4.63. The van der Waals surface area contributed by atoms with Crippen LogP contribution in [0.1, 0.15) is 25.8 Å². The van der Waals surface area contributed by atoms with Gasteiger partial charge in [0.15, 0.2) is 11.5 Å². The summed E-state index contributed by atoms with van der Waals surface area (Å²) < 4.78 is 17.3. The summed E-state index contributed by atoms with van der Waals surface area (Å²) in [5.74, 6) is 2.74. The van der Waals surface area contributed by atoms with Crippen LogP contribution in [-0.4, -0.2) is 44.1 Å². The predicted molar refractivity (Wildman–Crippen MR) is 164 cm³/mol. The van der Waals surface area contributed by atoms with Gasteiger partial charge in [-0.05, 0) is 48.9 Å². The molecular weight excluding hydrogens is 542 g/mol. The number of rotatable bonds is 12. The second-order valence-corrected chi connectivity index (χ2v) is 8.75. The zero-order valence-electron chi connectivity index (χ0n) is 23.6. The van der Waals surface area contributed by atoms with Crippen LogP contribution in [0.2, 0.25) is 0 Å². The van der Waals surface area contributed by atoms with Gasteiger partial charge < -0.3 is 30.2 Å². The van der Waals surface area contributed by atoms with E-state index >= 15 is 0 Å². The van der Waals surface area contributed by atoms with Gasteiger partial charge in [0.1, 0.15) is 17.6 Å². The number of methoxy groups -OCH3 is 1. The van der Waals surface area contributed by atoms with Crippen LogP contribution in [0.5, 0.6) is 23.0 Å². The van der Waals surface area contributed by atoms with Crippen molar-refractivity contribution >= 4 is 45.5 Å². The molecule has 0 bridgehead atoms. The number of likely N-dealkylation sites (N-methyl/N-ethyl adjacent to an activating group) is 1. The van der Waals surface area contributed by atoms with Crippen LogP contribution < -0.4 is 30.2 Å². The van der Waals surface area contributed by atoms with Crippen molar-refractivity contribution in [2.75, 3.05) is 43.8 Å². The maximum atomic E-state index is 11.5. The van der Waals surface area contributed by atoms with Crippen LogP contribution in [0, 0.1) is 11.3 Å². The molecule has 0 aliphatic rings. The molecule has 0 saturated carbocycles. The first-order valence-electron chi connectivity index (χ1n) is 13.2. The summed E-state index contributed by atoms with van der Waals surface area (Å²) in [4.78, 5) is 15.9. The number of aromatic nitrogens is 1. The molecule has 4 rings (SSSR count). The zero-order chi connectivity index (χ0) is 29.6. The van der Waals surface area contributed by atoms with E-state index in [9.17, 15) is 10.1 Å². The van der Waals surface area contributed by atoms with Crippen LogP contribution in [-0.2, 0) is 4.79 Å². The van der Waals surface area contributed by atoms with Crippen molar-refractivity contribution in [3.05, 3.63) is 72.4 Å². The van der Waals surface area contributed by atoms with Crippen LogP contribution >= 0.6 is 11.6 Å². The number of alkyl halides is 1. The number of carbonyl (C=O) groups excluding carboxylic acids is 1. The molecule has 0 spiro atoms. The molecule has 214 valence electrons. The number of nitrogens with one attached hydrogen (secondary N) is 3. The fraction of sp³-hybridized carbons (Fsp3) is 0.258. The number of ether oxygens (including phenoxy) is 3. The molecule has 0 radical (unpaired) electrons. The van der Waals surface area contributed by atoms with Gasteiger partial charge in [-0.3, -0.25) is 9.78 Å². The molecule has 3 N–H and O–H groups in total. The molecule has 1 aromatic heterocycles. The molecule has 0 aliphatic heterocycles. The highest BCUT2D eigenvalue weighted by molar-refractivity contribution is 6.17. The summed E-state index contributed by atoms with van der Waals surface area (Å²) >= 11 is 5.76. The number of amides is 1. The van der Waals surface area contributed by atoms with Gasteiger partial charge in [0.2, 0.25) is 5.91 Å². The van der Waals surface area contributed by atoms with Gasteiger partial charge in [-0.1, -0.05) is 19.9 Å². The molecule has 9 nitrogen and oxygen atoms in total. The number of benzene rings is 3.